The van der Waals surface area contributed by atoms with Crippen LogP contribution in [0.15, 0.2) is 12.1 Å². The Hall–Kier alpha value is -1.75. The molecule has 0 saturated heterocycles. The zero-order valence-corrected chi connectivity index (χ0v) is 12.8. The van der Waals surface area contributed by atoms with E-state index in [1.165, 1.54) is 7.11 Å². The summed E-state index contributed by atoms with van der Waals surface area (Å²) in [7, 11) is 1.32. The molecule has 1 aromatic carbocycles. The molecule has 0 amide bonds. The number of benzene rings is 1. The lowest BCUT2D eigenvalue weighted by Gasteiger charge is -2.19. The van der Waals surface area contributed by atoms with E-state index in [0.717, 1.165) is 5.56 Å². The summed E-state index contributed by atoms with van der Waals surface area (Å²) < 4.78 is 15.8. The van der Waals surface area contributed by atoms with Crippen molar-refractivity contribution in [1.82, 2.24) is 0 Å². The minimum atomic E-state index is -0.470. The number of hydrogen-bond donors (Lipinski definition) is 1. The molecule has 0 aliphatic heterocycles. The van der Waals surface area contributed by atoms with Crippen molar-refractivity contribution < 1.29 is 19.0 Å². The third-order valence-corrected chi connectivity index (χ3v) is 2.65. The Morgan fingerprint density at radius 3 is 2.45 bits per heavy atom. The van der Waals surface area contributed by atoms with Crippen LogP contribution < -0.4 is 10.5 Å². The molecule has 1 rings (SSSR count). The van der Waals surface area contributed by atoms with E-state index in [0.29, 0.717) is 30.2 Å². The van der Waals surface area contributed by atoms with Crippen molar-refractivity contribution >= 4 is 11.7 Å². The first-order valence-electron chi connectivity index (χ1n) is 6.50. The fraction of sp³-hybridized carbons (Fsp3) is 0.533. The van der Waals surface area contributed by atoms with Crippen molar-refractivity contribution in [3.05, 3.63) is 23.3 Å². The third-order valence-electron chi connectivity index (χ3n) is 2.65. The van der Waals surface area contributed by atoms with Gasteiger partial charge in [-0.1, -0.05) is 0 Å². The number of hydrogen-bond acceptors (Lipinski definition) is 5. The van der Waals surface area contributed by atoms with E-state index in [-0.39, 0.29) is 5.60 Å². The molecular formula is C15H23NO4. The van der Waals surface area contributed by atoms with Gasteiger partial charge in [0.1, 0.15) is 12.4 Å². The summed E-state index contributed by atoms with van der Waals surface area (Å²) in [6, 6.07) is 3.38. The van der Waals surface area contributed by atoms with Crippen molar-refractivity contribution in [2.45, 2.75) is 33.3 Å². The second-order valence-corrected chi connectivity index (χ2v) is 5.50. The number of methoxy groups -OCH3 is 1. The molecule has 20 heavy (non-hydrogen) atoms. The lowest BCUT2D eigenvalue weighted by atomic mass is 10.1. The lowest BCUT2D eigenvalue weighted by molar-refractivity contribution is -0.0163. The first-order chi connectivity index (χ1) is 9.24. The molecule has 0 spiro atoms. The highest BCUT2D eigenvalue weighted by Crippen LogP contribution is 2.25. The predicted molar refractivity (Wildman–Crippen MR) is 78.1 cm³/mol. The fourth-order valence-corrected chi connectivity index (χ4v) is 1.63. The van der Waals surface area contributed by atoms with Crippen LogP contribution in [0.4, 0.5) is 5.69 Å². The van der Waals surface area contributed by atoms with Crippen molar-refractivity contribution in [2.75, 3.05) is 26.1 Å². The van der Waals surface area contributed by atoms with E-state index in [4.69, 9.17) is 19.9 Å². The number of esters is 1. The Morgan fingerprint density at radius 1 is 1.25 bits per heavy atom. The van der Waals surface area contributed by atoms with Gasteiger partial charge < -0.3 is 19.9 Å². The Kier molecular flexibility index (Phi) is 5.39. The van der Waals surface area contributed by atoms with E-state index >= 15 is 0 Å². The maximum Gasteiger partial charge on any atom is 0.340 e. The Morgan fingerprint density at radius 2 is 1.90 bits per heavy atom. The summed E-state index contributed by atoms with van der Waals surface area (Å²) in [5.74, 6) is 0.108. The van der Waals surface area contributed by atoms with E-state index in [1.54, 1.807) is 12.1 Å². The van der Waals surface area contributed by atoms with Crippen molar-refractivity contribution in [3.8, 4) is 5.75 Å². The maximum atomic E-state index is 11.6. The molecule has 0 atom stereocenters. The first kappa shape index (κ1) is 16.3. The van der Waals surface area contributed by atoms with Crippen LogP contribution in [0.5, 0.6) is 5.75 Å². The fourth-order valence-electron chi connectivity index (χ4n) is 1.63. The van der Waals surface area contributed by atoms with Gasteiger partial charge in [0.25, 0.3) is 0 Å². The van der Waals surface area contributed by atoms with Crippen LogP contribution in [0.3, 0.4) is 0 Å². The largest absolute Gasteiger partial charge is 0.491 e. The van der Waals surface area contributed by atoms with Crippen LogP contribution in [-0.4, -0.2) is 31.9 Å². The zero-order valence-electron chi connectivity index (χ0n) is 12.8. The number of aryl methyl sites for hydroxylation is 1. The molecule has 0 aromatic heterocycles. The van der Waals surface area contributed by atoms with E-state index < -0.39 is 5.97 Å². The van der Waals surface area contributed by atoms with Gasteiger partial charge in [0, 0.05) is 5.69 Å². The second kappa shape index (κ2) is 6.61. The van der Waals surface area contributed by atoms with Crippen molar-refractivity contribution in [1.29, 1.82) is 0 Å². The van der Waals surface area contributed by atoms with Gasteiger partial charge in [-0.15, -0.1) is 0 Å². The highest BCUT2D eigenvalue weighted by Gasteiger charge is 2.14. The van der Waals surface area contributed by atoms with Crippen LogP contribution >= 0.6 is 0 Å². The summed E-state index contributed by atoms with van der Waals surface area (Å²) in [4.78, 5) is 11.6. The van der Waals surface area contributed by atoms with Gasteiger partial charge >= 0.3 is 5.97 Å². The van der Waals surface area contributed by atoms with E-state index in [2.05, 4.69) is 0 Å². The second-order valence-electron chi connectivity index (χ2n) is 5.50. The average molecular weight is 281 g/mol. The van der Waals surface area contributed by atoms with Crippen molar-refractivity contribution in [3.63, 3.8) is 0 Å². The zero-order chi connectivity index (χ0) is 15.3. The molecule has 1 aromatic rings. The molecule has 112 valence electrons. The van der Waals surface area contributed by atoms with Gasteiger partial charge in [-0.05, 0) is 45.4 Å². The van der Waals surface area contributed by atoms with Crippen LogP contribution in [-0.2, 0) is 9.47 Å². The van der Waals surface area contributed by atoms with Crippen LogP contribution in [0.25, 0.3) is 0 Å². The van der Waals surface area contributed by atoms with Gasteiger partial charge in [-0.2, -0.15) is 0 Å². The van der Waals surface area contributed by atoms with Crippen LogP contribution in [0.2, 0.25) is 0 Å². The van der Waals surface area contributed by atoms with Crippen LogP contribution in [0, 0.1) is 6.92 Å². The molecular weight excluding hydrogens is 258 g/mol. The normalized spacial score (nSPS) is 11.2. The third kappa shape index (κ3) is 4.74. The molecule has 0 aliphatic rings. The molecule has 0 bridgehead atoms. The summed E-state index contributed by atoms with van der Waals surface area (Å²) in [5.41, 5.74) is 7.17. The summed E-state index contributed by atoms with van der Waals surface area (Å²) >= 11 is 0. The number of carbonyl (C=O) groups is 1. The topological polar surface area (TPSA) is 70.8 Å². The highest BCUT2D eigenvalue weighted by atomic mass is 16.5. The van der Waals surface area contributed by atoms with Gasteiger partial charge in [0.05, 0.1) is 24.9 Å². The molecule has 5 nitrogen and oxygen atoms in total. The monoisotopic (exact) mass is 281 g/mol. The highest BCUT2D eigenvalue weighted by molar-refractivity contribution is 5.96. The van der Waals surface area contributed by atoms with E-state index in [9.17, 15) is 4.79 Å². The van der Waals surface area contributed by atoms with Gasteiger partial charge in [0.15, 0.2) is 0 Å². The molecule has 0 fully saturated rings. The Balaban J connectivity index is 2.72. The molecule has 0 heterocycles. The Bertz CT molecular complexity index is 477. The SMILES string of the molecule is COC(=O)c1cc(OCCOC(C)(C)C)cc(C)c1N. The number of ether oxygens (including phenoxy) is 3. The molecule has 5 heteroatoms. The average Bonchev–Trinajstić information content (AvgIpc) is 2.36. The Labute approximate surface area is 120 Å². The standard InChI is InChI=1S/C15H23NO4/c1-10-8-11(19-6-7-20-15(2,3)4)9-12(13(10)16)14(17)18-5/h8-9H,6-7,16H2,1-5H3. The van der Waals surface area contributed by atoms with Crippen molar-refractivity contribution in [2.24, 2.45) is 0 Å². The summed E-state index contributed by atoms with van der Waals surface area (Å²) in [5, 5.41) is 0. The number of carbonyl (C=O) groups excluding carboxylic acids is 1. The first-order valence-corrected chi connectivity index (χ1v) is 6.50. The molecule has 0 aliphatic carbocycles. The number of nitrogens with two attached hydrogens (primary N) is 1. The van der Waals surface area contributed by atoms with Gasteiger partial charge in [-0.25, -0.2) is 4.79 Å². The minimum Gasteiger partial charge on any atom is -0.491 e. The minimum absolute atomic E-state index is 0.197. The summed E-state index contributed by atoms with van der Waals surface area (Å²) in [6.45, 7) is 8.64. The molecule has 0 unspecified atom stereocenters. The van der Waals surface area contributed by atoms with E-state index in [1.807, 2.05) is 27.7 Å². The van der Waals surface area contributed by atoms with Crippen LogP contribution in [0.1, 0.15) is 36.7 Å². The molecule has 0 radical (unpaired) electrons. The quantitative estimate of drug-likeness (QED) is 0.510. The molecule has 0 saturated carbocycles. The number of anilines is 1. The molecule has 2 N–H and O–H groups in total. The predicted octanol–water partition coefficient (Wildman–Crippen LogP) is 2.56. The van der Waals surface area contributed by atoms with Gasteiger partial charge in [0.2, 0.25) is 0 Å². The van der Waals surface area contributed by atoms with Gasteiger partial charge in [-0.3, -0.25) is 0 Å². The number of nitrogen functional groups attached to an aromatic ring is 1. The maximum absolute atomic E-state index is 11.6. The summed E-state index contributed by atoms with van der Waals surface area (Å²) in [6.07, 6.45) is 0. The number of rotatable bonds is 5. The lowest BCUT2D eigenvalue weighted by Crippen LogP contribution is -2.22. The smallest absolute Gasteiger partial charge is 0.340 e.